The van der Waals surface area contributed by atoms with Crippen LogP contribution in [0.15, 0.2) is 24.7 Å². The van der Waals surface area contributed by atoms with E-state index >= 15 is 0 Å². The fourth-order valence-corrected chi connectivity index (χ4v) is 2.94. The number of nitrogens with zero attached hydrogens (tertiary/aromatic N) is 4. The number of thiazole rings is 1. The van der Waals surface area contributed by atoms with Gasteiger partial charge in [0, 0.05) is 35.2 Å². The second kappa shape index (κ2) is 5.81. The van der Waals surface area contributed by atoms with Crippen LogP contribution in [0.5, 0.6) is 0 Å². The Morgan fingerprint density at radius 3 is 2.81 bits per heavy atom. The topological polar surface area (TPSA) is 55.6 Å². The zero-order chi connectivity index (χ0) is 14.8. The molecule has 0 aliphatic rings. The summed E-state index contributed by atoms with van der Waals surface area (Å²) in [5.74, 6) is 0. The van der Waals surface area contributed by atoms with Crippen LogP contribution in [0.2, 0.25) is 0 Å². The van der Waals surface area contributed by atoms with Gasteiger partial charge in [0.05, 0.1) is 6.20 Å². The lowest BCUT2D eigenvalue weighted by molar-refractivity contribution is 0.546. The third kappa shape index (κ3) is 2.90. The molecule has 0 atom stereocenters. The summed E-state index contributed by atoms with van der Waals surface area (Å²) < 4.78 is 1.95. The molecule has 0 unspecified atom stereocenters. The molecule has 0 aliphatic carbocycles. The molecular formula is C15H19N5S. The Balaban J connectivity index is 1.75. The molecule has 0 aromatic carbocycles. The molecule has 5 nitrogen and oxygen atoms in total. The standard InChI is InChI=1S/C15H19N5S/c1-4-13-9-18-15(21-13)17-7-11-5-12-8-19-20(10(2)3)14(12)16-6-11/h5-6,8-10H,4,7H2,1-3H3,(H,17,18). The number of nitrogens with one attached hydrogen (secondary N) is 1. The summed E-state index contributed by atoms with van der Waals surface area (Å²) in [5, 5.41) is 9.78. The van der Waals surface area contributed by atoms with Crippen molar-refractivity contribution in [2.45, 2.75) is 39.8 Å². The first-order chi connectivity index (χ1) is 10.2. The molecule has 0 fully saturated rings. The number of hydrogen-bond donors (Lipinski definition) is 1. The third-order valence-electron chi connectivity index (χ3n) is 3.32. The summed E-state index contributed by atoms with van der Waals surface area (Å²) in [6, 6.07) is 2.46. The van der Waals surface area contributed by atoms with Gasteiger partial charge in [-0.1, -0.05) is 6.92 Å². The molecule has 110 valence electrons. The van der Waals surface area contributed by atoms with E-state index in [4.69, 9.17) is 0 Å². The summed E-state index contributed by atoms with van der Waals surface area (Å²) in [7, 11) is 0. The lowest BCUT2D eigenvalue weighted by Gasteiger charge is -2.07. The summed E-state index contributed by atoms with van der Waals surface area (Å²) in [5.41, 5.74) is 2.08. The van der Waals surface area contributed by atoms with Gasteiger partial charge in [-0.05, 0) is 31.9 Å². The highest BCUT2D eigenvalue weighted by Gasteiger charge is 2.08. The number of hydrogen-bond acceptors (Lipinski definition) is 5. The van der Waals surface area contributed by atoms with Gasteiger partial charge in [-0.3, -0.25) is 0 Å². The van der Waals surface area contributed by atoms with Crippen LogP contribution in [-0.4, -0.2) is 19.7 Å². The second-order valence-electron chi connectivity index (χ2n) is 5.28. The van der Waals surface area contributed by atoms with E-state index in [1.54, 1.807) is 11.3 Å². The third-order valence-corrected chi connectivity index (χ3v) is 4.42. The Kier molecular flexibility index (Phi) is 3.88. The van der Waals surface area contributed by atoms with Crippen LogP contribution in [0.1, 0.15) is 37.3 Å². The first-order valence-electron chi connectivity index (χ1n) is 7.18. The minimum absolute atomic E-state index is 0.321. The SMILES string of the molecule is CCc1cnc(NCc2cnc3c(cnn3C(C)C)c2)s1. The summed E-state index contributed by atoms with van der Waals surface area (Å²) in [6.07, 6.45) is 6.75. The van der Waals surface area contributed by atoms with Gasteiger partial charge < -0.3 is 5.32 Å². The number of anilines is 1. The molecule has 0 bridgehead atoms. The van der Waals surface area contributed by atoms with Crippen molar-refractivity contribution in [3.8, 4) is 0 Å². The average molecular weight is 301 g/mol. The van der Waals surface area contributed by atoms with Crippen LogP contribution in [-0.2, 0) is 13.0 Å². The number of aromatic nitrogens is 4. The van der Waals surface area contributed by atoms with Crippen LogP contribution < -0.4 is 5.32 Å². The van der Waals surface area contributed by atoms with E-state index in [1.165, 1.54) is 4.88 Å². The highest BCUT2D eigenvalue weighted by atomic mass is 32.1. The van der Waals surface area contributed by atoms with Gasteiger partial charge in [-0.25, -0.2) is 14.6 Å². The van der Waals surface area contributed by atoms with E-state index in [-0.39, 0.29) is 0 Å². The summed E-state index contributed by atoms with van der Waals surface area (Å²) in [4.78, 5) is 10.2. The Morgan fingerprint density at radius 2 is 2.10 bits per heavy atom. The van der Waals surface area contributed by atoms with Gasteiger partial charge in [0.25, 0.3) is 0 Å². The molecule has 6 heteroatoms. The van der Waals surface area contributed by atoms with Crippen molar-refractivity contribution in [1.29, 1.82) is 0 Å². The average Bonchev–Trinajstić information content (AvgIpc) is 3.11. The van der Waals surface area contributed by atoms with Crippen LogP contribution in [0.4, 0.5) is 5.13 Å². The molecule has 3 heterocycles. The lowest BCUT2D eigenvalue weighted by atomic mass is 10.2. The Bertz CT molecular complexity index is 743. The second-order valence-corrected chi connectivity index (χ2v) is 6.39. The molecule has 3 rings (SSSR count). The highest BCUT2D eigenvalue weighted by Crippen LogP contribution is 2.20. The number of fused-ring (bicyclic) bond motifs is 1. The van der Waals surface area contributed by atoms with E-state index in [2.05, 4.69) is 47.2 Å². The summed E-state index contributed by atoms with van der Waals surface area (Å²) in [6.45, 7) is 7.09. The molecule has 0 saturated carbocycles. The van der Waals surface area contributed by atoms with E-state index < -0.39 is 0 Å². The van der Waals surface area contributed by atoms with Gasteiger partial charge >= 0.3 is 0 Å². The predicted molar refractivity (Wildman–Crippen MR) is 86.7 cm³/mol. The fourth-order valence-electron chi connectivity index (χ4n) is 2.19. The fraction of sp³-hybridized carbons (Fsp3) is 0.400. The maximum absolute atomic E-state index is 4.54. The number of pyridine rings is 1. The molecule has 3 aromatic rings. The van der Waals surface area contributed by atoms with Crippen molar-refractivity contribution in [3.05, 3.63) is 35.1 Å². The van der Waals surface area contributed by atoms with Crippen molar-refractivity contribution in [2.24, 2.45) is 0 Å². The smallest absolute Gasteiger partial charge is 0.183 e. The molecule has 0 saturated heterocycles. The molecule has 3 aromatic heterocycles. The quantitative estimate of drug-likeness (QED) is 0.781. The van der Waals surface area contributed by atoms with Gasteiger partial charge in [0.2, 0.25) is 0 Å². The zero-order valence-corrected chi connectivity index (χ0v) is 13.3. The Labute approximate surface area is 128 Å². The predicted octanol–water partition coefficient (Wildman–Crippen LogP) is 3.64. The van der Waals surface area contributed by atoms with E-state index in [0.717, 1.165) is 34.7 Å². The van der Waals surface area contributed by atoms with Crippen molar-refractivity contribution in [1.82, 2.24) is 19.7 Å². The molecule has 1 N–H and O–H groups in total. The first-order valence-corrected chi connectivity index (χ1v) is 7.99. The van der Waals surface area contributed by atoms with E-state index in [9.17, 15) is 0 Å². The number of rotatable bonds is 5. The van der Waals surface area contributed by atoms with Crippen LogP contribution >= 0.6 is 11.3 Å². The summed E-state index contributed by atoms with van der Waals surface area (Å²) >= 11 is 1.70. The minimum atomic E-state index is 0.321. The Morgan fingerprint density at radius 1 is 1.24 bits per heavy atom. The van der Waals surface area contributed by atoms with Crippen molar-refractivity contribution < 1.29 is 0 Å². The van der Waals surface area contributed by atoms with Crippen LogP contribution in [0, 0.1) is 0 Å². The number of aryl methyl sites for hydroxylation is 1. The van der Waals surface area contributed by atoms with Gasteiger partial charge in [-0.15, -0.1) is 11.3 Å². The van der Waals surface area contributed by atoms with E-state index in [1.807, 2.05) is 23.3 Å². The minimum Gasteiger partial charge on any atom is -0.357 e. The van der Waals surface area contributed by atoms with Gasteiger partial charge in [0.15, 0.2) is 10.8 Å². The monoisotopic (exact) mass is 301 g/mol. The molecule has 0 aliphatic heterocycles. The van der Waals surface area contributed by atoms with Crippen LogP contribution in [0.3, 0.4) is 0 Å². The molecule has 0 amide bonds. The molecular weight excluding hydrogens is 282 g/mol. The van der Waals surface area contributed by atoms with Crippen molar-refractivity contribution in [2.75, 3.05) is 5.32 Å². The van der Waals surface area contributed by atoms with Crippen LogP contribution in [0.25, 0.3) is 11.0 Å². The largest absolute Gasteiger partial charge is 0.357 e. The normalized spacial score (nSPS) is 11.4. The molecule has 0 spiro atoms. The molecule has 21 heavy (non-hydrogen) atoms. The molecule has 0 radical (unpaired) electrons. The maximum Gasteiger partial charge on any atom is 0.183 e. The van der Waals surface area contributed by atoms with Crippen molar-refractivity contribution in [3.63, 3.8) is 0 Å². The van der Waals surface area contributed by atoms with Gasteiger partial charge in [0.1, 0.15) is 0 Å². The highest BCUT2D eigenvalue weighted by molar-refractivity contribution is 7.15. The van der Waals surface area contributed by atoms with Gasteiger partial charge in [-0.2, -0.15) is 5.10 Å². The maximum atomic E-state index is 4.54. The first kappa shape index (κ1) is 14.0. The van der Waals surface area contributed by atoms with Crippen molar-refractivity contribution >= 4 is 27.5 Å². The lowest BCUT2D eigenvalue weighted by Crippen LogP contribution is -2.04. The van der Waals surface area contributed by atoms with E-state index in [0.29, 0.717) is 6.04 Å². The Hall–Kier alpha value is -1.95. The zero-order valence-electron chi connectivity index (χ0n) is 12.5.